The maximum atomic E-state index is 13.9. The zero-order chi connectivity index (χ0) is 26.6. The van der Waals surface area contributed by atoms with E-state index < -0.39 is 0 Å². The van der Waals surface area contributed by atoms with Crippen LogP contribution in [0, 0.1) is 0 Å². The summed E-state index contributed by atoms with van der Waals surface area (Å²) in [6.07, 6.45) is 3.74. The highest BCUT2D eigenvalue weighted by atomic mass is 16.5. The highest BCUT2D eigenvalue weighted by molar-refractivity contribution is 6.08. The normalized spacial score (nSPS) is 17.9. The number of carbonyl (C=O) groups excluding carboxylic acids is 1. The highest BCUT2D eigenvalue weighted by Gasteiger charge is 2.25. The first-order chi connectivity index (χ1) is 19.2. The third kappa shape index (κ3) is 5.65. The van der Waals surface area contributed by atoms with Crippen LogP contribution in [-0.4, -0.2) is 67.8 Å². The number of hydrogen-bond donors (Lipinski definition) is 2. The quantitative estimate of drug-likeness (QED) is 0.300. The summed E-state index contributed by atoms with van der Waals surface area (Å²) < 4.78 is 11.9. The van der Waals surface area contributed by atoms with Crippen LogP contribution in [-0.2, 0) is 4.74 Å². The number of nitrogens with zero attached hydrogens (tertiary/aromatic N) is 2. The predicted octanol–water partition coefficient (Wildman–Crippen LogP) is 5.79. The van der Waals surface area contributed by atoms with Gasteiger partial charge in [0, 0.05) is 55.1 Å². The van der Waals surface area contributed by atoms with Gasteiger partial charge in [0.1, 0.15) is 5.75 Å². The van der Waals surface area contributed by atoms with Crippen molar-refractivity contribution in [3.8, 4) is 16.9 Å². The van der Waals surface area contributed by atoms with Gasteiger partial charge in [-0.05, 0) is 79.2 Å². The van der Waals surface area contributed by atoms with Crippen molar-refractivity contribution < 1.29 is 14.3 Å². The van der Waals surface area contributed by atoms with E-state index in [0.29, 0.717) is 24.8 Å². The van der Waals surface area contributed by atoms with E-state index in [2.05, 4.69) is 46.4 Å². The summed E-state index contributed by atoms with van der Waals surface area (Å²) in [5.74, 6) is 0.733. The number of carbonyl (C=O) groups is 1. The molecule has 0 aliphatic carbocycles. The van der Waals surface area contributed by atoms with E-state index in [-0.39, 0.29) is 5.91 Å². The molecule has 0 radical (unpaired) electrons. The van der Waals surface area contributed by atoms with Gasteiger partial charge in [0.15, 0.2) is 0 Å². The molecule has 2 N–H and O–H groups in total. The SMILES string of the molecule is CC1CCN(C(=O)c2ccc(-c3ccc4[nH]ccc4c3)c(OCCCN3CCOCC3)c2)c2ccccc2N1. The second kappa shape index (κ2) is 11.5. The van der Waals surface area contributed by atoms with Crippen molar-refractivity contribution in [2.75, 3.05) is 56.2 Å². The third-order valence-electron chi connectivity index (χ3n) is 7.70. The molecule has 0 saturated carbocycles. The first kappa shape index (κ1) is 25.5. The molecule has 2 aliphatic heterocycles. The van der Waals surface area contributed by atoms with Gasteiger partial charge in [-0.2, -0.15) is 0 Å². The average Bonchev–Trinajstić information content (AvgIpc) is 3.37. The van der Waals surface area contributed by atoms with Crippen molar-refractivity contribution in [1.29, 1.82) is 0 Å². The molecule has 7 heteroatoms. The molecule has 4 aromatic rings. The minimum absolute atomic E-state index is 0.0100. The summed E-state index contributed by atoms with van der Waals surface area (Å²) in [5, 5.41) is 4.69. The number of H-pyrrole nitrogens is 1. The zero-order valence-electron chi connectivity index (χ0n) is 22.5. The molecular weight excluding hydrogens is 488 g/mol. The molecule has 39 heavy (non-hydrogen) atoms. The summed E-state index contributed by atoms with van der Waals surface area (Å²) in [6.45, 7) is 7.91. The Morgan fingerprint density at radius 2 is 1.90 bits per heavy atom. The fourth-order valence-corrected chi connectivity index (χ4v) is 5.51. The van der Waals surface area contributed by atoms with Crippen molar-refractivity contribution in [3.63, 3.8) is 0 Å². The van der Waals surface area contributed by atoms with E-state index in [9.17, 15) is 4.79 Å². The van der Waals surface area contributed by atoms with Crippen LogP contribution in [0.15, 0.2) is 72.9 Å². The summed E-state index contributed by atoms with van der Waals surface area (Å²) in [7, 11) is 0. The molecule has 3 aromatic carbocycles. The van der Waals surface area contributed by atoms with Crippen LogP contribution >= 0.6 is 0 Å². The largest absolute Gasteiger partial charge is 0.493 e. The topological polar surface area (TPSA) is 69.8 Å². The molecule has 2 aliphatic rings. The van der Waals surface area contributed by atoms with Gasteiger partial charge in [-0.1, -0.05) is 18.2 Å². The van der Waals surface area contributed by atoms with Crippen molar-refractivity contribution >= 4 is 28.2 Å². The monoisotopic (exact) mass is 524 g/mol. The number of anilines is 2. The molecule has 6 rings (SSSR count). The number of hydrogen-bond acceptors (Lipinski definition) is 5. The summed E-state index contributed by atoms with van der Waals surface area (Å²) in [5.41, 5.74) is 5.71. The maximum Gasteiger partial charge on any atom is 0.258 e. The summed E-state index contributed by atoms with van der Waals surface area (Å²) in [6, 6.07) is 22.7. The van der Waals surface area contributed by atoms with E-state index in [0.717, 1.165) is 84.8 Å². The molecular formula is C32H36N4O3. The van der Waals surface area contributed by atoms with E-state index in [4.69, 9.17) is 9.47 Å². The maximum absolute atomic E-state index is 13.9. The Balaban J connectivity index is 1.28. The van der Waals surface area contributed by atoms with Gasteiger partial charge in [0.2, 0.25) is 0 Å². The first-order valence-corrected chi connectivity index (χ1v) is 14.0. The van der Waals surface area contributed by atoms with E-state index in [1.807, 2.05) is 53.6 Å². The number of morpholine rings is 1. The zero-order valence-corrected chi connectivity index (χ0v) is 22.5. The Morgan fingerprint density at radius 3 is 2.79 bits per heavy atom. The number of fused-ring (bicyclic) bond motifs is 2. The minimum atomic E-state index is -0.0100. The van der Waals surface area contributed by atoms with Gasteiger partial charge < -0.3 is 24.7 Å². The Bertz CT molecular complexity index is 1440. The molecule has 7 nitrogen and oxygen atoms in total. The molecule has 1 aromatic heterocycles. The molecule has 0 bridgehead atoms. The van der Waals surface area contributed by atoms with Crippen LogP contribution < -0.4 is 15.0 Å². The number of aromatic nitrogens is 1. The van der Waals surface area contributed by atoms with Gasteiger partial charge in [-0.3, -0.25) is 9.69 Å². The van der Waals surface area contributed by atoms with E-state index >= 15 is 0 Å². The lowest BCUT2D eigenvalue weighted by Gasteiger charge is -2.26. The standard InChI is InChI=1S/C32H36N4O3/c1-23-12-15-36(30-6-3-2-5-29(30)34-23)32(37)26-7-9-27(24-8-10-28-25(21-24)11-13-33-28)31(22-26)39-18-4-14-35-16-19-38-20-17-35/h2-3,5-11,13,21-23,33-34H,4,12,14-20H2,1H3. The van der Waals surface area contributed by atoms with Crippen LogP contribution in [0.25, 0.3) is 22.0 Å². The Morgan fingerprint density at radius 1 is 1.03 bits per heavy atom. The van der Waals surface area contributed by atoms with Crippen LogP contribution in [0.3, 0.4) is 0 Å². The number of rotatable bonds is 7. The number of ether oxygens (including phenoxy) is 2. The van der Waals surface area contributed by atoms with Crippen LogP contribution in [0.2, 0.25) is 0 Å². The fourth-order valence-electron chi connectivity index (χ4n) is 5.51. The number of benzene rings is 3. The van der Waals surface area contributed by atoms with Crippen LogP contribution in [0.5, 0.6) is 5.75 Å². The van der Waals surface area contributed by atoms with Crippen LogP contribution in [0.4, 0.5) is 11.4 Å². The molecule has 1 atom stereocenters. The number of amides is 1. The lowest BCUT2D eigenvalue weighted by atomic mass is 10.0. The van der Waals surface area contributed by atoms with Gasteiger partial charge in [0.25, 0.3) is 5.91 Å². The molecule has 1 unspecified atom stereocenters. The summed E-state index contributed by atoms with van der Waals surface area (Å²) >= 11 is 0. The molecule has 1 fully saturated rings. The first-order valence-electron chi connectivity index (χ1n) is 14.0. The average molecular weight is 525 g/mol. The highest BCUT2D eigenvalue weighted by Crippen LogP contribution is 2.35. The number of aromatic amines is 1. The van der Waals surface area contributed by atoms with Crippen molar-refractivity contribution in [2.24, 2.45) is 0 Å². The van der Waals surface area contributed by atoms with Gasteiger partial charge in [-0.25, -0.2) is 0 Å². The lowest BCUT2D eigenvalue weighted by Crippen LogP contribution is -2.37. The smallest absolute Gasteiger partial charge is 0.258 e. The van der Waals surface area contributed by atoms with Gasteiger partial charge in [-0.15, -0.1) is 0 Å². The molecule has 1 saturated heterocycles. The summed E-state index contributed by atoms with van der Waals surface area (Å²) in [4.78, 5) is 21.5. The van der Waals surface area contributed by atoms with E-state index in [1.165, 1.54) is 0 Å². The number of nitrogens with one attached hydrogen (secondary N) is 2. The van der Waals surface area contributed by atoms with Gasteiger partial charge >= 0.3 is 0 Å². The molecule has 202 valence electrons. The molecule has 1 amide bonds. The van der Waals surface area contributed by atoms with Crippen molar-refractivity contribution in [3.05, 3.63) is 78.5 Å². The minimum Gasteiger partial charge on any atom is -0.493 e. The fraction of sp³-hybridized carbons (Fsp3) is 0.344. The number of para-hydroxylation sites is 2. The van der Waals surface area contributed by atoms with Crippen LogP contribution in [0.1, 0.15) is 30.1 Å². The second-order valence-corrected chi connectivity index (χ2v) is 10.5. The third-order valence-corrected chi connectivity index (χ3v) is 7.70. The van der Waals surface area contributed by atoms with Crippen molar-refractivity contribution in [2.45, 2.75) is 25.8 Å². The Kier molecular flexibility index (Phi) is 7.52. The Labute approximate surface area is 229 Å². The molecule has 3 heterocycles. The molecule has 0 spiro atoms. The second-order valence-electron chi connectivity index (χ2n) is 10.5. The van der Waals surface area contributed by atoms with Crippen molar-refractivity contribution in [1.82, 2.24) is 9.88 Å². The Hall–Kier alpha value is -3.81. The van der Waals surface area contributed by atoms with E-state index in [1.54, 1.807) is 0 Å². The van der Waals surface area contributed by atoms with Gasteiger partial charge in [0.05, 0.1) is 31.2 Å². The predicted molar refractivity (Wildman–Crippen MR) is 157 cm³/mol. The lowest BCUT2D eigenvalue weighted by molar-refractivity contribution is 0.0358.